The minimum Gasteiger partial charge on any atom is -0.347 e. The molecule has 0 saturated heterocycles. The molecule has 1 unspecified atom stereocenters. The maximum atomic E-state index is 11.9. The van der Waals surface area contributed by atoms with E-state index >= 15 is 0 Å². The number of imidazole rings is 1. The highest BCUT2D eigenvalue weighted by Crippen LogP contribution is 2.15. The van der Waals surface area contributed by atoms with Gasteiger partial charge in [-0.25, -0.2) is 4.98 Å². The van der Waals surface area contributed by atoms with E-state index in [4.69, 9.17) is 0 Å². The third-order valence-electron chi connectivity index (χ3n) is 2.38. The van der Waals surface area contributed by atoms with Crippen molar-refractivity contribution < 1.29 is 4.79 Å². The predicted octanol–water partition coefficient (Wildman–Crippen LogP) is 2.27. The lowest BCUT2D eigenvalue weighted by atomic mass is 10.2. The van der Waals surface area contributed by atoms with Crippen molar-refractivity contribution in [1.29, 1.82) is 0 Å². The van der Waals surface area contributed by atoms with E-state index in [0.29, 0.717) is 0 Å². The molecule has 2 heterocycles. The van der Waals surface area contributed by atoms with Crippen molar-refractivity contribution in [2.24, 2.45) is 0 Å². The van der Waals surface area contributed by atoms with Crippen LogP contribution in [0.25, 0.3) is 0 Å². The number of rotatable bonds is 3. The fraction of sp³-hybridized carbons (Fsp3) is 0.273. The van der Waals surface area contributed by atoms with Crippen molar-refractivity contribution >= 4 is 17.2 Å². The van der Waals surface area contributed by atoms with Gasteiger partial charge in [0.15, 0.2) is 0 Å². The smallest absolute Gasteiger partial charge is 0.252 e. The maximum absolute atomic E-state index is 11.9. The molecule has 0 fully saturated rings. The number of aryl methyl sites for hydroxylation is 1. The molecule has 1 amide bonds. The molecule has 0 aromatic carbocycles. The van der Waals surface area contributed by atoms with Crippen LogP contribution in [0.1, 0.15) is 34.7 Å². The molecule has 2 aromatic rings. The summed E-state index contributed by atoms with van der Waals surface area (Å²) in [6.07, 6.45) is 3.42. The van der Waals surface area contributed by atoms with Crippen molar-refractivity contribution in [3.05, 3.63) is 40.1 Å². The Hall–Kier alpha value is -1.62. The van der Waals surface area contributed by atoms with E-state index in [2.05, 4.69) is 15.3 Å². The van der Waals surface area contributed by atoms with Gasteiger partial charge in [0.2, 0.25) is 0 Å². The van der Waals surface area contributed by atoms with Crippen LogP contribution in [0.5, 0.6) is 0 Å². The lowest BCUT2D eigenvalue weighted by Gasteiger charge is -2.11. The minimum absolute atomic E-state index is 0.0531. The first kappa shape index (κ1) is 10.9. The molecule has 0 saturated carbocycles. The van der Waals surface area contributed by atoms with Gasteiger partial charge in [-0.1, -0.05) is 0 Å². The lowest BCUT2D eigenvalue weighted by molar-refractivity contribution is 0.0938. The largest absolute Gasteiger partial charge is 0.347 e. The second-order valence-corrected chi connectivity index (χ2v) is 4.38. The van der Waals surface area contributed by atoms with E-state index in [1.54, 1.807) is 12.4 Å². The Balaban J connectivity index is 2.06. The Labute approximate surface area is 97.7 Å². The summed E-state index contributed by atoms with van der Waals surface area (Å²) in [5.41, 5.74) is 1.75. The fourth-order valence-corrected chi connectivity index (χ4v) is 2.28. The number of carbonyl (C=O) groups excluding carboxylic acids is 1. The monoisotopic (exact) mass is 235 g/mol. The minimum atomic E-state index is -0.109. The number of nitrogens with zero attached hydrogens (tertiary/aromatic N) is 1. The molecule has 2 N–H and O–H groups in total. The Morgan fingerprint density at radius 2 is 2.38 bits per heavy atom. The number of H-pyrrole nitrogens is 1. The van der Waals surface area contributed by atoms with Gasteiger partial charge in [0, 0.05) is 17.8 Å². The van der Waals surface area contributed by atoms with E-state index in [0.717, 1.165) is 17.0 Å². The van der Waals surface area contributed by atoms with Gasteiger partial charge < -0.3 is 10.3 Å². The van der Waals surface area contributed by atoms with E-state index in [-0.39, 0.29) is 11.9 Å². The van der Waals surface area contributed by atoms with Gasteiger partial charge in [-0.2, -0.15) is 11.3 Å². The van der Waals surface area contributed by atoms with Crippen molar-refractivity contribution in [1.82, 2.24) is 15.3 Å². The van der Waals surface area contributed by atoms with Crippen LogP contribution in [-0.4, -0.2) is 15.9 Å². The number of amides is 1. The van der Waals surface area contributed by atoms with Gasteiger partial charge in [0.05, 0.1) is 11.6 Å². The lowest BCUT2D eigenvalue weighted by Crippen LogP contribution is -2.27. The molecule has 1 atom stereocenters. The highest BCUT2D eigenvalue weighted by Gasteiger charge is 2.14. The third kappa shape index (κ3) is 2.14. The standard InChI is InChI=1S/C11H13N3OS/c1-7-5-16-6-9(7)11(15)14-8(2)10-12-3-4-13-10/h3-6,8H,1-2H3,(H,12,13)(H,14,15). The van der Waals surface area contributed by atoms with Crippen LogP contribution >= 0.6 is 11.3 Å². The predicted molar refractivity (Wildman–Crippen MR) is 63.5 cm³/mol. The van der Waals surface area contributed by atoms with Gasteiger partial charge in [-0.15, -0.1) is 0 Å². The number of aromatic amines is 1. The Bertz CT molecular complexity index is 475. The molecule has 84 valence electrons. The molecule has 0 aliphatic carbocycles. The summed E-state index contributed by atoms with van der Waals surface area (Å²) in [6, 6.07) is -0.109. The summed E-state index contributed by atoms with van der Waals surface area (Å²) >= 11 is 1.53. The van der Waals surface area contributed by atoms with Crippen LogP contribution in [0.2, 0.25) is 0 Å². The third-order valence-corrected chi connectivity index (χ3v) is 3.24. The highest BCUT2D eigenvalue weighted by atomic mass is 32.1. The summed E-state index contributed by atoms with van der Waals surface area (Å²) in [7, 11) is 0. The van der Waals surface area contributed by atoms with Crippen LogP contribution in [0.4, 0.5) is 0 Å². The van der Waals surface area contributed by atoms with Gasteiger partial charge in [0.1, 0.15) is 5.82 Å². The molecule has 0 spiro atoms. The molecule has 0 radical (unpaired) electrons. The second-order valence-electron chi connectivity index (χ2n) is 3.64. The maximum Gasteiger partial charge on any atom is 0.252 e. The van der Waals surface area contributed by atoms with Crippen LogP contribution < -0.4 is 5.32 Å². The van der Waals surface area contributed by atoms with Gasteiger partial charge in [-0.3, -0.25) is 4.79 Å². The molecule has 0 aliphatic heterocycles. The van der Waals surface area contributed by atoms with Crippen LogP contribution in [0.15, 0.2) is 23.2 Å². The van der Waals surface area contributed by atoms with E-state index in [1.165, 1.54) is 11.3 Å². The number of hydrogen-bond donors (Lipinski definition) is 2. The average molecular weight is 235 g/mol. The first-order valence-corrected chi connectivity index (χ1v) is 5.95. The van der Waals surface area contributed by atoms with Crippen molar-refractivity contribution in [2.75, 3.05) is 0 Å². The Kier molecular flexibility index (Phi) is 3.05. The molecule has 0 bridgehead atoms. The number of hydrogen-bond acceptors (Lipinski definition) is 3. The molecule has 2 rings (SSSR count). The average Bonchev–Trinajstić information content (AvgIpc) is 2.86. The Morgan fingerprint density at radius 3 is 2.94 bits per heavy atom. The van der Waals surface area contributed by atoms with Gasteiger partial charge >= 0.3 is 0 Å². The first-order valence-electron chi connectivity index (χ1n) is 5.01. The molecule has 5 heteroatoms. The number of aromatic nitrogens is 2. The quantitative estimate of drug-likeness (QED) is 0.857. The summed E-state index contributed by atoms with van der Waals surface area (Å²) in [4.78, 5) is 19.0. The topological polar surface area (TPSA) is 57.8 Å². The number of thiophene rings is 1. The van der Waals surface area contributed by atoms with Crippen LogP contribution in [0, 0.1) is 6.92 Å². The van der Waals surface area contributed by atoms with Gasteiger partial charge in [0.25, 0.3) is 5.91 Å². The molecule has 16 heavy (non-hydrogen) atoms. The van der Waals surface area contributed by atoms with E-state index < -0.39 is 0 Å². The van der Waals surface area contributed by atoms with Crippen molar-refractivity contribution in [3.63, 3.8) is 0 Å². The zero-order chi connectivity index (χ0) is 11.5. The van der Waals surface area contributed by atoms with Crippen LogP contribution in [0.3, 0.4) is 0 Å². The summed E-state index contributed by atoms with van der Waals surface area (Å²) < 4.78 is 0. The summed E-state index contributed by atoms with van der Waals surface area (Å²) in [6.45, 7) is 3.83. The first-order chi connectivity index (χ1) is 7.68. The second kappa shape index (κ2) is 4.49. The number of nitrogens with one attached hydrogen (secondary N) is 2. The normalized spacial score (nSPS) is 12.4. The van der Waals surface area contributed by atoms with Gasteiger partial charge in [-0.05, 0) is 24.8 Å². The summed E-state index contributed by atoms with van der Waals surface area (Å²) in [5, 5.41) is 6.72. The molecular formula is C11H13N3OS. The van der Waals surface area contributed by atoms with E-state index in [1.807, 2.05) is 24.6 Å². The van der Waals surface area contributed by atoms with Crippen molar-refractivity contribution in [2.45, 2.75) is 19.9 Å². The molecular weight excluding hydrogens is 222 g/mol. The SMILES string of the molecule is Cc1cscc1C(=O)NC(C)c1ncc[nH]1. The fourth-order valence-electron chi connectivity index (χ4n) is 1.45. The van der Waals surface area contributed by atoms with E-state index in [9.17, 15) is 4.79 Å². The van der Waals surface area contributed by atoms with Crippen LogP contribution in [-0.2, 0) is 0 Å². The highest BCUT2D eigenvalue weighted by molar-refractivity contribution is 7.08. The number of carbonyl (C=O) groups is 1. The molecule has 0 aliphatic rings. The Morgan fingerprint density at radius 1 is 1.56 bits per heavy atom. The summed E-state index contributed by atoms with van der Waals surface area (Å²) in [5.74, 6) is 0.712. The zero-order valence-corrected chi connectivity index (χ0v) is 9.97. The molecule has 4 nitrogen and oxygen atoms in total. The molecule has 2 aromatic heterocycles. The zero-order valence-electron chi connectivity index (χ0n) is 9.15. The van der Waals surface area contributed by atoms with Crippen molar-refractivity contribution in [3.8, 4) is 0 Å².